The second kappa shape index (κ2) is 6.95. The lowest BCUT2D eigenvalue weighted by Crippen LogP contribution is -2.45. The number of urea groups is 1. The molecular formula is C15H28N2O3. The topological polar surface area (TPSA) is 69.6 Å². The molecule has 1 aliphatic rings. The van der Waals surface area contributed by atoms with Crippen LogP contribution < -0.4 is 5.32 Å². The first-order chi connectivity index (χ1) is 9.24. The number of amides is 2. The number of nitrogens with zero attached hydrogens (tertiary/aromatic N) is 1. The van der Waals surface area contributed by atoms with Crippen molar-refractivity contribution < 1.29 is 14.7 Å². The molecule has 2 amide bonds. The molecule has 0 aromatic heterocycles. The third-order valence-electron chi connectivity index (χ3n) is 4.47. The van der Waals surface area contributed by atoms with Crippen LogP contribution in [0.1, 0.15) is 46.5 Å². The predicted molar refractivity (Wildman–Crippen MR) is 78.6 cm³/mol. The Morgan fingerprint density at radius 2 is 1.90 bits per heavy atom. The zero-order valence-electron chi connectivity index (χ0n) is 13.1. The van der Waals surface area contributed by atoms with Crippen LogP contribution in [0.2, 0.25) is 0 Å². The number of carbonyl (C=O) groups is 2. The molecule has 0 aromatic rings. The maximum absolute atomic E-state index is 12.0. The highest BCUT2D eigenvalue weighted by atomic mass is 16.4. The van der Waals surface area contributed by atoms with Gasteiger partial charge in [0, 0.05) is 20.1 Å². The number of carbonyl (C=O) groups excluding carboxylic acids is 1. The quantitative estimate of drug-likeness (QED) is 0.787. The average Bonchev–Trinajstić information content (AvgIpc) is 2.90. The number of carboxylic acid groups (broad SMARTS) is 1. The van der Waals surface area contributed by atoms with E-state index in [4.69, 9.17) is 5.11 Å². The third-order valence-corrected chi connectivity index (χ3v) is 4.47. The van der Waals surface area contributed by atoms with Crippen LogP contribution in [0.3, 0.4) is 0 Å². The van der Waals surface area contributed by atoms with Crippen molar-refractivity contribution in [3.05, 3.63) is 0 Å². The Morgan fingerprint density at radius 1 is 1.35 bits per heavy atom. The highest BCUT2D eigenvalue weighted by molar-refractivity contribution is 5.75. The maximum Gasteiger partial charge on any atom is 0.317 e. The highest BCUT2D eigenvalue weighted by Gasteiger charge is 2.32. The van der Waals surface area contributed by atoms with Gasteiger partial charge in [-0.15, -0.1) is 0 Å². The van der Waals surface area contributed by atoms with Crippen molar-refractivity contribution in [3.8, 4) is 0 Å². The third kappa shape index (κ3) is 4.69. The molecule has 0 bridgehead atoms. The predicted octanol–water partition coefficient (Wildman–Crippen LogP) is 2.56. The fraction of sp³-hybridized carbons (Fsp3) is 0.867. The standard InChI is InChI=1S/C15H28N2O3/c1-11(13(18)19)9-17(4)14(20)16-10-15(2,3)12-7-5-6-8-12/h11-12H,5-10H2,1-4H3,(H,16,20)(H,18,19). The van der Waals surface area contributed by atoms with E-state index in [1.54, 1.807) is 14.0 Å². The van der Waals surface area contributed by atoms with Gasteiger partial charge in [-0.1, -0.05) is 33.6 Å². The van der Waals surface area contributed by atoms with Crippen molar-refractivity contribution in [3.63, 3.8) is 0 Å². The van der Waals surface area contributed by atoms with Crippen molar-refractivity contribution in [2.45, 2.75) is 46.5 Å². The van der Waals surface area contributed by atoms with E-state index >= 15 is 0 Å². The van der Waals surface area contributed by atoms with E-state index in [2.05, 4.69) is 19.2 Å². The summed E-state index contributed by atoms with van der Waals surface area (Å²) >= 11 is 0. The van der Waals surface area contributed by atoms with Crippen LogP contribution in [0.25, 0.3) is 0 Å². The molecular weight excluding hydrogens is 256 g/mol. The summed E-state index contributed by atoms with van der Waals surface area (Å²) in [7, 11) is 1.64. The average molecular weight is 284 g/mol. The van der Waals surface area contributed by atoms with Gasteiger partial charge in [-0.3, -0.25) is 4.79 Å². The first-order valence-electron chi connectivity index (χ1n) is 7.46. The van der Waals surface area contributed by atoms with Crippen LogP contribution in [0, 0.1) is 17.3 Å². The van der Waals surface area contributed by atoms with E-state index in [1.807, 2.05) is 0 Å². The first-order valence-corrected chi connectivity index (χ1v) is 7.46. The minimum absolute atomic E-state index is 0.103. The Bertz CT molecular complexity index is 349. The van der Waals surface area contributed by atoms with Gasteiger partial charge in [-0.2, -0.15) is 0 Å². The van der Waals surface area contributed by atoms with Crippen LogP contribution in [0.5, 0.6) is 0 Å². The Kier molecular flexibility index (Phi) is 5.84. The molecule has 0 aromatic carbocycles. The maximum atomic E-state index is 12.0. The van der Waals surface area contributed by atoms with E-state index in [-0.39, 0.29) is 18.0 Å². The van der Waals surface area contributed by atoms with Crippen LogP contribution >= 0.6 is 0 Å². The molecule has 0 radical (unpaired) electrons. The van der Waals surface area contributed by atoms with Gasteiger partial charge in [0.05, 0.1) is 5.92 Å². The highest BCUT2D eigenvalue weighted by Crippen LogP contribution is 2.38. The van der Waals surface area contributed by atoms with Crippen molar-refractivity contribution in [1.29, 1.82) is 0 Å². The lowest BCUT2D eigenvalue weighted by molar-refractivity contribution is -0.141. The molecule has 1 fully saturated rings. The molecule has 2 N–H and O–H groups in total. The molecule has 5 heteroatoms. The summed E-state index contributed by atoms with van der Waals surface area (Å²) in [5.41, 5.74) is 0.103. The fourth-order valence-electron chi connectivity index (χ4n) is 2.86. The number of carboxylic acids is 1. The van der Waals surface area contributed by atoms with Gasteiger partial charge in [0.15, 0.2) is 0 Å². The Hall–Kier alpha value is -1.26. The number of nitrogens with one attached hydrogen (secondary N) is 1. The Morgan fingerprint density at radius 3 is 2.40 bits per heavy atom. The molecule has 5 nitrogen and oxygen atoms in total. The largest absolute Gasteiger partial charge is 0.481 e. The SMILES string of the molecule is CC(CN(C)C(=O)NCC(C)(C)C1CCCC1)C(=O)O. The molecule has 1 rings (SSSR count). The van der Waals surface area contributed by atoms with Crippen molar-refractivity contribution in [2.24, 2.45) is 17.3 Å². The van der Waals surface area contributed by atoms with Gasteiger partial charge < -0.3 is 15.3 Å². The van der Waals surface area contributed by atoms with Crippen LogP contribution in [0.4, 0.5) is 4.79 Å². The molecule has 0 spiro atoms. The lowest BCUT2D eigenvalue weighted by atomic mass is 9.78. The molecule has 0 saturated heterocycles. The Balaban J connectivity index is 2.39. The van der Waals surface area contributed by atoms with E-state index in [0.29, 0.717) is 12.5 Å². The second-order valence-corrected chi connectivity index (χ2v) is 6.75. The molecule has 0 heterocycles. The van der Waals surface area contributed by atoms with E-state index in [0.717, 1.165) is 0 Å². The Labute approximate surface area is 121 Å². The monoisotopic (exact) mass is 284 g/mol. The molecule has 116 valence electrons. The molecule has 0 aliphatic heterocycles. The first kappa shape index (κ1) is 16.8. The number of rotatable bonds is 6. The van der Waals surface area contributed by atoms with Gasteiger partial charge >= 0.3 is 12.0 Å². The molecule has 1 atom stereocenters. The van der Waals surface area contributed by atoms with Crippen molar-refractivity contribution >= 4 is 12.0 Å². The number of hydrogen-bond acceptors (Lipinski definition) is 2. The smallest absolute Gasteiger partial charge is 0.317 e. The van der Waals surface area contributed by atoms with Gasteiger partial charge in [0.1, 0.15) is 0 Å². The second-order valence-electron chi connectivity index (χ2n) is 6.75. The molecule has 1 saturated carbocycles. The zero-order valence-corrected chi connectivity index (χ0v) is 13.1. The lowest BCUT2D eigenvalue weighted by Gasteiger charge is -2.32. The van der Waals surface area contributed by atoms with Gasteiger partial charge in [0.2, 0.25) is 0 Å². The molecule has 1 aliphatic carbocycles. The summed E-state index contributed by atoms with van der Waals surface area (Å²) < 4.78 is 0. The molecule has 1 unspecified atom stereocenters. The summed E-state index contributed by atoms with van der Waals surface area (Å²) in [6, 6.07) is -0.191. The summed E-state index contributed by atoms with van der Waals surface area (Å²) in [6.07, 6.45) is 5.07. The summed E-state index contributed by atoms with van der Waals surface area (Å²) in [6.45, 7) is 6.87. The van der Waals surface area contributed by atoms with Crippen LogP contribution in [0.15, 0.2) is 0 Å². The molecule has 20 heavy (non-hydrogen) atoms. The van der Waals surface area contributed by atoms with E-state index in [1.165, 1.54) is 30.6 Å². The van der Waals surface area contributed by atoms with Crippen molar-refractivity contribution in [2.75, 3.05) is 20.1 Å². The summed E-state index contributed by atoms with van der Waals surface area (Å²) in [5.74, 6) is -0.754. The summed E-state index contributed by atoms with van der Waals surface area (Å²) in [5, 5.41) is 11.8. The van der Waals surface area contributed by atoms with Gasteiger partial charge in [-0.25, -0.2) is 4.79 Å². The van der Waals surface area contributed by atoms with E-state index < -0.39 is 11.9 Å². The van der Waals surface area contributed by atoms with Crippen LogP contribution in [-0.2, 0) is 4.79 Å². The zero-order chi connectivity index (χ0) is 15.3. The van der Waals surface area contributed by atoms with Gasteiger partial charge in [-0.05, 0) is 24.2 Å². The minimum Gasteiger partial charge on any atom is -0.481 e. The van der Waals surface area contributed by atoms with Crippen LogP contribution in [-0.4, -0.2) is 42.1 Å². The fourth-order valence-corrected chi connectivity index (χ4v) is 2.86. The minimum atomic E-state index is -0.879. The van der Waals surface area contributed by atoms with E-state index in [9.17, 15) is 9.59 Å². The number of aliphatic carboxylic acids is 1. The summed E-state index contributed by atoms with van der Waals surface area (Å²) in [4.78, 5) is 24.2. The van der Waals surface area contributed by atoms with Crippen molar-refractivity contribution in [1.82, 2.24) is 10.2 Å². The number of hydrogen-bond donors (Lipinski definition) is 2. The normalized spacial score (nSPS) is 17.8. The van der Waals surface area contributed by atoms with Gasteiger partial charge in [0.25, 0.3) is 0 Å².